The molecule has 1 aliphatic heterocycles. The molecule has 0 radical (unpaired) electrons. The van der Waals surface area contributed by atoms with Crippen LogP contribution in [0.25, 0.3) is 0 Å². The Balaban J connectivity index is 2.00. The van der Waals surface area contributed by atoms with Crippen molar-refractivity contribution in [3.8, 4) is 0 Å². The lowest BCUT2D eigenvalue weighted by atomic mass is 10.0. The molecule has 2 rings (SSSR count). The number of ether oxygens (including phenoxy) is 2. The highest BCUT2D eigenvalue weighted by Crippen LogP contribution is 2.24. The fourth-order valence-corrected chi connectivity index (χ4v) is 2.67. The number of nitro groups is 1. The van der Waals surface area contributed by atoms with Crippen LogP contribution in [0.1, 0.15) is 12.0 Å². The van der Waals surface area contributed by atoms with Gasteiger partial charge in [0, 0.05) is 49.3 Å². The van der Waals surface area contributed by atoms with Crippen molar-refractivity contribution < 1.29 is 14.4 Å². The van der Waals surface area contributed by atoms with Crippen LogP contribution in [0.2, 0.25) is 0 Å². The van der Waals surface area contributed by atoms with Gasteiger partial charge in [0.1, 0.15) is 5.60 Å². The highest BCUT2D eigenvalue weighted by atomic mass is 79.9. The topological polar surface area (TPSA) is 73.6 Å². The van der Waals surface area contributed by atoms with Gasteiger partial charge < -0.3 is 14.8 Å². The summed E-state index contributed by atoms with van der Waals surface area (Å²) >= 11 is 3.33. The van der Waals surface area contributed by atoms with Crippen LogP contribution in [0, 0.1) is 10.1 Å². The second-order valence-electron chi connectivity index (χ2n) is 4.82. The summed E-state index contributed by atoms with van der Waals surface area (Å²) < 4.78 is 11.7. The van der Waals surface area contributed by atoms with E-state index in [0.29, 0.717) is 31.9 Å². The smallest absolute Gasteiger partial charge is 0.273 e. The van der Waals surface area contributed by atoms with Crippen molar-refractivity contribution in [2.24, 2.45) is 0 Å². The Bertz CT molecular complexity index is 489. The molecule has 1 heterocycles. The number of nitro benzene ring substituents is 1. The number of nitrogens with one attached hydrogen (secondary N) is 1. The molecule has 6 nitrogen and oxygen atoms in total. The van der Waals surface area contributed by atoms with E-state index in [1.165, 1.54) is 6.07 Å². The fourth-order valence-electron chi connectivity index (χ4n) is 2.26. The van der Waals surface area contributed by atoms with E-state index in [4.69, 9.17) is 9.47 Å². The van der Waals surface area contributed by atoms with Crippen LogP contribution in [-0.4, -0.2) is 37.4 Å². The van der Waals surface area contributed by atoms with Gasteiger partial charge in [-0.15, -0.1) is 0 Å². The minimum Gasteiger partial charge on any atom is -0.378 e. The van der Waals surface area contributed by atoms with Crippen molar-refractivity contribution >= 4 is 21.6 Å². The maximum atomic E-state index is 11.0. The third-order valence-corrected chi connectivity index (χ3v) is 3.99. The van der Waals surface area contributed by atoms with Crippen molar-refractivity contribution in [1.82, 2.24) is 5.32 Å². The zero-order valence-corrected chi connectivity index (χ0v) is 12.8. The van der Waals surface area contributed by atoms with Gasteiger partial charge in [-0.05, 0) is 12.1 Å². The van der Waals surface area contributed by atoms with Crippen LogP contribution in [0.3, 0.4) is 0 Å². The largest absolute Gasteiger partial charge is 0.378 e. The Morgan fingerprint density at radius 3 is 3.00 bits per heavy atom. The molecule has 1 atom stereocenters. The summed E-state index contributed by atoms with van der Waals surface area (Å²) in [4.78, 5) is 10.6. The van der Waals surface area contributed by atoms with Gasteiger partial charge in [-0.25, -0.2) is 0 Å². The number of hydrogen-bond acceptors (Lipinski definition) is 5. The predicted octanol–water partition coefficient (Wildman–Crippen LogP) is 2.25. The van der Waals surface area contributed by atoms with Crippen LogP contribution in [0.4, 0.5) is 5.69 Å². The lowest BCUT2D eigenvalue weighted by Crippen LogP contribution is -2.42. The lowest BCUT2D eigenvalue weighted by Gasteiger charge is -2.26. The Morgan fingerprint density at radius 1 is 1.60 bits per heavy atom. The summed E-state index contributed by atoms with van der Waals surface area (Å²) in [6.45, 7) is 2.26. The molecule has 0 bridgehead atoms. The first-order valence-corrected chi connectivity index (χ1v) is 7.12. The molecule has 1 fully saturated rings. The van der Waals surface area contributed by atoms with Gasteiger partial charge in [0.05, 0.1) is 11.5 Å². The maximum absolute atomic E-state index is 11.0. The Kier molecular flexibility index (Phi) is 5.09. The molecule has 0 aliphatic carbocycles. The average Bonchev–Trinajstić information content (AvgIpc) is 2.88. The van der Waals surface area contributed by atoms with Crippen molar-refractivity contribution in [2.45, 2.75) is 18.6 Å². The zero-order valence-electron chi connectivity index (χ0n) is 11.2. The molecule has 0 saturated carbocycles. The summed E-state index contributed by atoms with van der Waals surface area (Å²) in [6.07, 6.45) is 0.830. The summed E-state index contributed by atoms with van der Waals surface area (Å²) in [5.41, 5.74) is 0.449. The van der Waals surface area contributed by atoms with Gasteiger partial charge >= 0.3 is 0 Å². The fraction of sp³-hybridized carbons (Fsp3) is 0.538. The van der Waals surface area contributed by atoms with Crippen molar-refractivity contribution in [2.75, 3.05) is 26.9 Å². The first-order chi connectivity index (χ1) is 9.56. The second kappa shape index (κ2) is 6.62. The van der Waals surface area contributed by atoms with Gasteiger partial charge in [0.25, 0.3) is 5.69 Å². The van der Waals surface area contributed by atoms with Gasteiger partial charge in [0.15, 0.2) is 0 Å². The van der Waals surface area contributed by atoms with Crippen molar-refractivity contribution in [1.29, 1.82) is 0 Å². The number of benzene rings is 1. The van der Waals surface area contributed by atoms with Crippen LogP contribution in [-0.2, 0) is 16.0 Å². The molecular formula is C13H17BrN2O4. The van der Waals surface area contributed by atoms with Crippen LogP contribution in [0.5, 0.6) is 0 Å². The molecule has 1 unspecified atom stereocenters. The molecule has 7 heteroatoms. The standard InChI is InChI=1S/C13H17BrN2O4/c1-19-13(4-5-20-9-13)8-15-7-10-6-11(14)2-3-12(10)16(17)18/h2-3,6,15H,4-5,7-9H2,1H3. The molecule has 1 aliphatic rings. The molecule has 1 aromatic rings. The first-order valence-electron chi connectivity index (χ1n) is 6.33. The van der Waals surface area contributed by atoms with E-state index in [2.05, 4.69) is 21.2 Å². The summed E-state index contributed by atoms with van der Waals surface area (Å²) in [7, 11) is 1.66. The number of halogens is 1. The third-order valence-electron chi connectivity index (χ3n) is 3.50. The predicted molar refractivity (Wildman–Crippen MR) is 77.7 cm³/mol. The Hall–Kier alpha value is -1.02. The second-order valence-corrected chi connectivity index (χ2v) is 5.74. The highest BCUT2D eigenvalue weighted by Gasteiger charge is 2.34. The molecule has 0 aromatic heterocycles. The minimum atomic E-state index is -0.367. The van der Waals surface area contributed by atoms with E-state index in [-0.39, 0.29) is 16.2 Å². The highest BCUT2D eigenvalue weighted by molar-refractivity contribution is 9.10. The van der Waals surface area contributed by atoms with Crippen LogP contribution in [0.15, 0.2) is 22.7 Å². The number of hydrogen-bond donors (Lipinski definition) is 1. The van der Waals surface area contributed by atoms with Crippen molar-refractivity contribution in [3.63, 3.8) is 0 Å². The van der Waals surface area contributed by atoms with E-state index in [1.807, 2.05) is 0 Å². The molecule has 20 heavy (non-hydrogen) atoms. The van der Waals surface area contributed by atoms with Crippen molar-refractivity contribution in [3.05, 3.63) is 38.3 Å². The van der Waals surface area contributed by atoms with Gasteiger partial charge in [0.2, 0.25) is 0 Å². The van der Waals surface area contributed by atoms with E-state index in [9.17, 15) is 10.1 Å². The normalized spacial score (nSPS) is 22.1. The minimum absolute atomic E-state index is 0.120. The lowest BCUT2D eigenvalue weighted by molar-refractivity contribution is -0.385. The molecule has 1 saturated heterocycles. The van der Waals surface area contributed by atoms with E-state index in [0.717, 1.165) is 10.9 Å². The number of rotatable bonds is 6. The van der Waals surface area contributed by atoms with Crippen LogP contribution >= 0.6 is 15.9 Å². The summed E-state index contributed by atoms with van der Waals surface area (Å²) in [6, 6.07) is 4.94. The zero-order chi connectivity index (χ0) is 14.6. The Labute approximate surface area is 125 Å². The third kappa shape index (κ3) is 3.54. The van der Waals surface area contributed by atoms with E-state index in [1.54, 1.807) is 19.2 Å². The first kappa shape index (κ1) is 15.4. The monoisotopic (exact) mass is 344 g/mol. The van der Waals surface area contributed by atoms with E-state index >= 15 is 0 Å². The molecule has 1 aromatic carbocycles. The molecule has 0 spiro atoms. The van der Waals surface area contributed by atoms with E-state index < -0.39 is 0 Å². The van der Waals surface area contributed by atoms with Gasteiger partial charge in [-0.3, -0.25) is 10.1 Å². The Morgan fingerprint density at radius 2 is 2.40 bits per heavy atom. The molecule has 1 N–H and O–H groups in total. The number of nitrogens with zero attached hydrogens (tertiary/aromatic N) is 1. The molecular weight excluding hydrogens is 328 g/mol. The van der Waals surface area contributed by atoms with Gasteiger partial charge in [-0.2, -0.15) is 0 Å². The quantitative estimate of drug-likeness (QED) is 0.632. The average molecular weight is 345 g/mol. The number of methoxy groups -OCH3 is 1. The molecule has 0 amide bonds. The maximum Gasteiger partial charge on any atom is 0.273 e. The summed E-state index contributed by atoms with van der Waals surface area (Å²) in [5.74, 6) is 0. The molecule has 110 valence electrons. The summed E-state index contributed by atoms with van der Waals surface area (Å²) in [5, 5.41) is 14.2. The van der Waals surface area contributed by atoms with Crippen LogP contribution < -0.4 is 5.32 Å². The van der Waals surface area contributed by atoms with Gasteiger partial charge in [-0.1, -0.05) is 15.9 Å². The SMILES string of the molecule is COC1(CNCc2cc(Br)ccc2[N+](=O)[O-])CCOC1.